The molecule has 4 heterocycles. The van der Waals surface area contributed by atoms with Gasteiger partial charge in [0, 0.05) is 30.0 Å². The van der Waals surface area contributed by atoms with Crippen molar-refractivity contribution in [2.75, 3.05) is 13.1 Å². The number of aromatic nitrogens is 4. The van der Waals surface area contributed by atoms with Crippen LogP contribution in [0.1, 0.15) is 35.1 Å². The average molecular weight is 460 g/mol. The van der Waals surface area contributed by atoms with E-state index in [1.165, 1.54) is 26.4 Å². The first-order valence-corrected chi connectivity index (χ1v) is 9.28. The van der Waals surface area contributed by atoms with Crippen LogP contribution in [0.15, 0.2) is 35.1 Å². The topological polar surface area (TPSA) is 55.4 Å². The Balaban J connectivity index is 1.57. The summed E-state index contributed by atoms with van der Waals surface area (Å²) in [6.07, 6.45) is -0.661. The lowest BCUT2D eigenvalue weighted by Crippen LogP contribution is -2.41. The number of amides is 1. The van der Waals surface area contributed by atoms with Crippen LogP contribution in [0.3, 0.4) is 0 Å². The largest absolute Gasteiger partial charge is 0.435 e. The second-order valence-electron chi connectivity index (χ2n) is 6.55. The van der Waals surface area contributed by atoms with Crippen molar-refractivity contribution in [3.05, 3.63) is 52.4 Å². The minimum absolute atomic E-state index is 0.134. The summed E-state index contributed by atoms with van der Waals surface area (Å²) in [5.74, 6) is -1.37. The maximum atomic E-state index is 14.7. The molecule has 11 heteroatoms. The number of likely N-dealkylation sites (tertiary alicyclic amines) is 1. The van der Waals surface area contributed by atoms with E-state index in [2.05, 4.69) is 26.0 Å². The third-order valence-corrected chi connectivity index (χ3v) is 5.15. The number of carbonyl (C=O) groups excluding carboxylic acids is 1. The number of hydrogen-bond acceptors (Lipinski definition) is 3. The molecule has 0 spiro atoms. The maximum Gasteiger partial charge on any atom is 0.435 e. The molecule has 1 atom stereocenters. The molecule has 0 saturated carbocycles. The molecule has 1 aliphatic heterocycles. The third-order valence-electron chi connectivity index (χ3n) is 4.68. The minimum atomic E-state index is -4.52. The summed E-state index contributed by atoms with van der Waals surface area (Å²) in [4.78, 5) is 18.3. The fourth-order valence-corrected chi connectivity index (χ4v) is 3.66. The Morgan fingerprint density at radius 2 is 2.04 bits per heavy atom. The van der Waals surface area contributed by atoms with E-state index < -0.39 is 29.8 Å². The molecule has 1 saturated heterocycles. The van der Waals surface area contributed by atoms with E-state index >= 15 is 0 Å². The van der Waals surface area contributed by atoms with Gasteiger partial charge in [0.2, 0.25) is 5.95 Å². The van der Waals surface area contributed by atoms with Crippen LogP contribution in [0.5, 0.6) is 0 Å². The van der Waals surface area contributed by atoms with Crippen molar-refractivity contribution in [2.24, 2.45) is 0 Å². The summed E-state index contributed by atoms with van der Waals surface area (Å²) in [7, 11) is 0. The highest BCUT2D eigenvalue weighted by Gasteiger charge is 2.35. The summed E-state index contributed by atoms with van der Waals surface area (Å²) in [6.45, 7) is 0.508. The number of piperidine rings is 1. The molecule has 0 aliphatic carbocycles. The number of fused-ring (bicyclic) bond motifs is 1. The Labute approximate surface area is 164 Å². The molecule has 28 heavy (non-hydrogen) atoms. The van der Waals surface area contributed by atoms with Crippen LogP contribution in [0.2, 0.25) is 0 Å². The second kappa shape index (κ2) is 6.87. The molecule has 4 rings (SSSR count). The number of halogens is 5. The van der Waals surface area contributed by atoms with E-state index in [1.54, 1.807) is 12.1 Å². The van der Waals surface area contributed by atoms with Crippen LogP contribution in [-0.4, -0.2) is 43.1 Å². The Bertz CT molecular complexity index is 1040. The monoisotopic (exact) mass is 459 g/mol. The smallest absolute Gasteiger partial charge is 0.335 e. The maximum absolute atomic E-state index is 14.7. The van der Waals surface area contributed by atoms with E-state index in [9.17, 15) is 22.4 Å². The number of nitrogens with zero attached hydrogens (tertiary/aromatic N) is 5. The van der Waals surface area contributed by atoms with E-state index in [0.717, 1.165) is 6.07 Å². The van der Waals surface area contributed by atoms with Gasteiger partial charge in [-0.3, -0.25) is 13.9 Å². The average Bonchev–Trinajstić information content (AvgIpc) is 3.27. The highest BCUT2D eigenvalue weighted by molar-refractivity contribution is 9.10. The van der Waals surface area contributed by atoms with Crippen LogP contribution in [0, 0.1) is 5.95 Å². The quantitative estimate of drug-likeness (QED) is 0.545. The highest BCUT2D eigenvalue weighted by atomic mass is 79.9. The van der Waals surface area contributed by atoms with Gasteiger partial charge in [0.05, 0.1) is 6.04 Å². The number of pyridine rings is 1. The lowest BCUT2D eigenvalue weighted by Gasteiger charge is -2.32. The van der Waals surface area contributed by atoms with Crippen LogP contribution in [0.4, 0.5) is 17.6 Å². The number of alkyl halides is 3. The molecule has 1 unspecified atom stereocenters. The summed E-state index contributed by atoms with van der Waals surface area (Å²) in [6, 6.07) is 3.75. The Morgan fingerprint density at radius 1 is 1.25 bits per heavy atom. The summed E-state index contributed by atoms with van der Waals surface area (Å²) in [5, 5.41) is 3.59. The molecule has 0 aromatic carbocycles. The van der Waals surface area contributed by atoms with Crippen molar-refractivity contribution in [3.63, 3.8) is 0 Å². The molecule has 1 amide bonds. The molecule has 6 nitrogen and oxygen atoms in total. The lowest BCUT2D eigenvalue weighted by atomic mass is 10.1. The fourth-order valence-electron chi connectivity index (χ4n) is 3.32. The van der Waals surface area contributed by atoms with E-state index in [-0.39, 0.29) is 12.2 Å². The van der Waals surface area contributed by atoms with Crippen LogP contribution >= 0.6 is 15.9 Å². The van der Waals surface area contributed by atoms with Crippen molar-refractivity contribution < 1.29 is 22.4 Å². The van der Waals surface area contributed by atoms with Crippen molar-refractivity contribution in [3.8, 4) is 0 Å². The zero-order valence-corrected chi connectivity index (χ0v) is 15.9. The zero-order valence-electron chi connectivity index (χ0n) is 14.3. The number of carbonyl (C=O) groups is 1. The second-order valence-corrected chi connectivity index (χ2v) is 7.47. The predicted octanol–water partition coefficient (Wildman–Crippen LogP) is 3.93. The first-order chi connectivity index (χ1) is 13.2. The van der Waals surface area contributed by atoms with Gasteiger partial charge < -0.3 is 4.90 Å². The summed E-state index contributed by atoms with van der Waals surface area (Å²) in [5.41, 5.74) is -0.998. The van der Waals surface area contributed by atoms with E-state index in [1.807, 2.05) is 0 Å². The van der Waals surface area contributed by atoms with Gasteiger partial charge in [0.15, 0.2) is 11.4 Å². The Hall–Kier alpha value is -2.43. The lowest BCUT2D eigenvalue weighted by molar-refractivity contribution is -0.141. The Morgan fingerprint density at radius 3 is 2.75 bits per heavy atom. The van der Waals surface area contributed by atoms with E-state index in [4.69, 9.17) is 0 Å². The molecular formula is C17H14BrF4N5O. The highest BCUT2D eigenvalue weighted by Crippen LogP contribution is 2.29. The van der Waals surface area contributed by atoms with Crippen LogP contribution in [0.25, 0.3) is 5.65 Å². The number of rotatable bonds is 2. The molecule has 0 radical (unpaired) electrons. The molecule has 0 N–H and O–H groups in total. The molecule has 148 valence electrons. The van der Waals surface area contributed by atoms with Gasteiger partial charge >= 0.3 is 6.18 Å². The molecular weight excluding hydrogens is 446 g/mol. The zero-order chi connectivity index (χ0) is 20.1. The third kappa shape index (κ3) is 3.38. The molecule has 3 aromatic heterocycles. The summed E-state index contributed by atoms with van der Waals surface area (Å²) >= 11 is 3.24. The minimum Gasteiger partial charge on any atom is -0.335 e. The Kier molecular flexibility index (Phi) is 4.64. The molecule has 3 aromatic rings. The predicted molar refractivity (Wildman–Crippen MR) is 94.3 cm³/mol. The van der Waals surface area contributed by atoms with Crippen molar-refractivity contribution in [1.29, 1.82) is 0 Å². The first-order valence-electron chi connectivity index (χ1n) is 8.49. The number of hydrogen-bond donors (Lipinski definition) is 0. The first kappa shape index (κ1) is 18.9. The molecule has 1 fully saturated rings. The van der Waals surface area contributed by atoms with Gasteiger partial charge in [-0.15, -0.1) is 0 Å². The standard InChI is InChI=1S/C17H14BrF4N5O/c18-10-3-4-13-23-14(15(19)26(13)8-10)16(28)25-6-1-2-11(9-25)27-7-5-12(24-27)17(20,21)22/h3-5,7-8,11H,1-2,6,9H2. The van der Waals surface area contributed by atoms with Crippen molar-refractivity contribution >= 4 is 27.5 Å². The SMILES string of the molecule is O=C(c1nc2ccc(Br)cn2c1F)N1CCCC(n2ccc(C(F)(F)F)n2)C1. The molecule has 1 aliphatic rings. The van der Waals surface area contributed by atoms with Gasteiger partial charge in [-0.25, -0.2) is 4.98 Å². The van der Waals surface area contributed by atoms with Crippen LogP contribution < -0.4 is 0 Å². The van der Waals surface area contributed by atoms with Gasteiger partial charge in [-0.05, 0) is 47.0 Å². The van der Waals surface area contributed by atoms with Crippen LogP contribution in [-0.2, 0) is 6.18 Å². The van der Waals surface area contributed by atoms with Crippen molar-refractivity contribution in [1.82, 2.24) is 24.1 Å². The normalized spacial score (nSPS) is 18.0. The molecule has 0 bridgehead atoms. The van der Waals surface area contributed by atoms with Crippen molar-refractivity contribution in [2.45, 2.75) is 25.1 Å². The van der Waals surface area contributed by atoms with Gasteiger partial charge in [0.1, 0.15) is 5.65 Å². The van der Waals surface area contributed by atoms with Gasteiger partial charge in [0.25, 0.3) is 5.91 Å². The van der Waals surface area contributed by atoms with E-state index in [0.29, 0.717) is 29.5 Å². The number of imidazole rings is 1. The summed E-state index contributed by atoms with van der Waals surface area (Å²) < 4.78 is 56.0. The fraction of sp³-hybridized carbons (Fsp3) is 0.353. The van der Waals surface area contributed by atoms with Gasteiger partial charge in [-0.2, -0.15) is 22.7 Å². The van der Waals surface area contributed by atoms with Gasteiger partial charge in [-0.1, -0.05) is 0 Å².